The molecule has 0 atom stereocenters. The highest BCUT2D eigenvalue weighted by molar-refractivity contribution is 5.70. The molecule has 0 aliphatic rings. The van der Waals surface area contributed by atoms with Crippen LogP contribution < -0.4 is 10.6 Å². The average molecular weight is 468 g/mol. The van der Waals surface area contributed by atoms with Crippen LogP contribution in [0.5, 0.6) is 0 Å². The lowest BCUT2D eigenvalue weighted by Gasteiger charge is -2.21. The van der Waals surface area contributed by atoms with Gasteiger partial charge in [-0.2, -0.15) is 0 Å². The van der Waals surface area contributed by atoms with E-state index in [0.29, 0.717) is 0 Å². The van der Waals surface area contributed by atoms with Crippen molar-refractivity contribution >= 4 is 11.8 Å². The third-order valence-corrected chi connectivity index (χ3v) is 5.04. The van der Waals surface area contributed by atoms with Crippen LogP contribution in [0.4, 0.5) is 10.1 Å². The van der Waals surface area contributed by atoms with Gasteiger partial charge >= 0.3 is 0 Å². The first-order valence-corrected chi connectivity index (χ1v) is 12.4. The van der Waals surface area contributed by atoms with Crippen molar-refractivity contribution in [2.24, 2.45) is 0 Å². The predicted molar refractivity (Wildman–Crippen MR) is 151 cm³/mol. The summed E-state index contributed by atoms with van der Waals surface area (Å²) in [5.41, 5.74) is 6.90. The second-order valence-electron chi connectivity index (χ2n) is 7.55. The number of likely N-dealkylation sites (N-methyl/N-ethyl adjacent to an activating group) is 1. The van der Waals surface area contributed by atoms with Gasteiger partial charge in [0, 0.05) is 37.9 Å². The standard InChI is InChI=1S/C26H34FN3.2C2H6/c1-6-21(11-13-28-4)18-29-26-16-20(3)15-23(25(26)7-2)19-30(5)14-12-22-9-8-10-24(27)17-22;2*1-2/h6-11,13,15-17,28-29H,2,12,14,18-19H2,1,3-5H3;2*1-2H3/b13-11-,21-6+;;. The van der Waals surface area contributed by atoms with Crippen LogP contribution in [0, 0.1) is 12.7 Å². The number of hydrogen-bond acceptors (Lipinski definition) is 3. The molecule has 2 rings (SSSR count). The summed E-state index contributed by atoms with van der Waals surface area (Å²) in [4.78, 5) is 2.27. The highest BCUT2D eigenvalue weighted by Gasteiger charge is 2.10. The first kappa shape index (κ1) is 31.1. The minimum atomic E-state index is -0.177. The zero-order valence-electron chi connectivity index (χ0n) is 22.6. The number of rotatable bonds is 11. The normalized spacial score (nSPS) is 10.8. The van der Waals surface area contributed by atoms with Crippen molar-refractivity contribution in [2.45, 2.75) is 54.5 Å². The molecule has 0 aromatic heterocycles. The molecule has 0 saturated carbocycles. The van der Waals surface area contributed by atoms with E-state index in [1.807, 2.05) is 60.0 Å². The molecule has 2 aromatic rings. The van der Waals surface area contributed by atoms with E-state index in [1.165, 1.54) is 22.8 Å². The average Bonchev–Trinajstić information content (AvgIpc) is 2.85. The third-order valence-electron chi connectivity index (χ3n) is 5.04. The molecule has 0 aliphatic heterocycles. The Kier molecular flexibility index (Phi) is 17.0. The summed E-state index contributed by atoms with van der Waals surface area (Å²) in [5.74, 6) is -0.177. The number of halogens is 1. The summed E-state index contributed by atoms with van der Waals surface area (Å²) >= 11 is 0. The number of nitrogens with zero attached hydrogens (tertiary/aromatic N) is 1. The second kappa shape index (κ2) is 18.6. The molecule has 4 heteroatoms. The van der Waals surface area contributed by atoms with E-state index in [2.05, 4.69) is 60.4 Å². The van der Waals surface area contributed by atoms with Crippen molar-refractivity contribution in [3.8, 4) is 0 Å². The van der Waals surface area contributed by atoms with E-state index in [4.69, 9.17) is 0 Å². The van der Waals surface area contributed by atoms with Gasteiger partial charge in [-0.25, -0.2) is 4.39 Å². The van der Waals surface area contributed by atoms with Crippen LogP contribution in [0.15, 0.2) is 66.9 Å². The van der Waals surface area contributed by atoms with Crippen LogP contribution in [0.2, 0.25) is 0 Å². The van der Waals surface area contributed by atoms with E-state index in [0.717, 1.165) is 42.9 Å². The topological polar surface area (TPSA) is 27.3 Å². The Morgan fingerprint density at radius 2 is 1.82 bits per heavy atom. The fourth-order valence-electron chi connectivity index (χ4n) is 3.42. The van der Waals surface area contributed by atoms with Gasteiger partial charge in [0.1, 0.15) is 5.82 Å². The van der Waals surface area contributed by atoms with E-state index in [-0.39, 0.29) is 5.82 Å². The minimum Gasteiger partial charge on any atom is -0.394 e. The van der Waals surface area contributed by atoms with Crippen LogP contribution >= 0.6 is 0 Å². The van der Waals surface area contributed by atoms with Crippen LogP contribution in [-0.4, -0.2) is 32.1 Å². The molecule has 3 nitrogen and oxygen atoms in total. The van der Waals surface area contributed by atoms with Crippen molar-refractivity contribution in [3.63, 3.8) is 0 Å². The molecule has 0 heterocycles. The minimum absolute atomic E-state index is 0.177. The van der Waals surface area contributed by atoms with Gasteiger partial charge in [-0.3, -0.25) is 0 Å². The molecule has 0 unspecified atom stereocenters. The number of nitrogens with one attached hydrogen (secondary N) is 2. The molecule has 0 saturated heterocycles. The number of allylic oxidation sites excluding steroid dienone is 1. The molecular formula is C30H46FN3. The summed E-state index contributed by atoms with van der Waals surface area (Å²) in [7, 11) is 3.99. The van der Waals surface area contributed by atoms with Gasteiger partial charge in [-0.05, 0) is 80.1 Å². The van der Waals surface area contributed by atoms with Gasteiger partial charge < -0.3 is 15.5 Å². The van der Waals surface area contributed by atoms with Gasteiger partial charge in [0.05, 0.1) is 0 Å². The largest absolute Gasteiger partial charge is 0.394 e. The summed E-state index contributed by atoms with van der Waals surface area (Å²) in [5, 5.41) is 6.59. The van der Waals surface area contributed by atoms with Crippen molar-refractivity contribution < 1.29 is 4.39 Å². The summed E-state index contributed by atoms with van der Waals surface area (Å²) in [6.07, 6.45) is 8.84. The first-order valence-electron chi connectivity index (χ1n) is 12.4. The summed E-state index contributed by atoms with van der Waals surface area (Å²) in [6.45, 7) is 18.6. The van der Waals surface area contributed by atoms with Crippen LogP contribution in [-0.2, 0) is 13.0 Å². The molecule has 0 fully saturated rings. The van der Waals surface area contributed by atoms with Crippen LogP contribution in [0.1, 0.15) is 56.9 Å². The van der Waals surface area contributed by atoms with Crippen molar-refractivity contribution in [1.29, 1.82) is 0 Å². The van der Waals surface area contributed by atoms with Gasteiger partial charge in [0.15, 0.2) is 0 Å². The zero-order valence-corrected chi connectivity index (χ0v) is 22.6. The van der Waals surface area contributed by atoms with Crippen molar-refractivity contribution in [1.82, 2.24) is 10.2 Å². The van der Waals surface area contributed by atoms with E-state index < -0.39 is 0 Å². The highest BCUT2D eigenvalue weighted by Crippen LogP contribution is 2.25. The Morgan fingerprint density at radius 1 is 1.12 bits per heavy atom. The molecular weight excluding hydrogens is 421 g/mol. The van der Waals surface area contributed by atoms with Crippen molar-refractivity contribution in [2.75, 3.05) is 32.5 Å². The smallest absolute Gasteiger partial charge is 0.123 e. The number of anilines is 1. The lowest BCUT2D eigenvalue weighted by molar-refractivity contribution is 0.331. The molecule has 0 aliphatic carbocycles. The van der Waals surface area contributed by atoms with Gasteiger partial charge in [0.2, 0.25) is 0 Å². The summed E-state index contributed by atoms with van der Waals surface area (Å²) < 4.78 is 13.4. The maximum atomic E-state index is 13.4. The van der Waals surface area contributed by atoms with E-state index in [9.17, 15) is 4.39 Å². The lowest BCUT2D eigenvalue weighted by atomic mass is 10.0. The lowest BCUT2D eigenvalue weighted by Crippen LogP contribution is -2.21. The fraction of sp³-hybridized carbons (Fsp3) is 0.400. The summed E-state index contributed by atoms with van der Waals surface area (Å²) in [6, 6.07) is 11.2. The maximum Gasteiger partial charge on any atom is 0.123 e. The fourth-order valence-corrected chi connectivity index (χ4v) is 3.42. The van der Waals surface area contributed by atoms with Gasteiger partial charge in [-0.1, -0.05) is 64.6 Å². The predicted octanol–water partition coefficient (Wildman–Crippen LogP) is 7.60. The molecule has 0 radical (unpaired) electrons. The second-order valence-corrected chi connectivity index (χ2v) is 7.55. The Bertz CT molecular complexity index is 900. The first-order chi connectivity index (χ1) is 16.5. The Balaban J connectivity index is 0.00000258. The number of aryl methyl sites for hydroxylation is 1. The SMILES string of the molecule is C=Cc1c(CN(C)CCc2cccc(F)c2)cc(C)cc1NCC(/C=C\NC)=C/C.CC.CC. The number of hydrogen-bond donors (Lipinski definition) is 2. The zero-order chi connectivity index (χ0) is 25.9. The van der Waals surface area contributed by atoms with Gasteiger partial charge in [0.25, 0.3) is 0 Å². The Morgan fingerprint density at radius 3 is 2.41 bits per heavy atom. The quantitative estimate of drug-likeness (QED) is 0.333. The molecule has 34 heavy (non-hydrogen) atoms. The third kappa shape index (κ3) is 11.3. The Hall–Kier alpha value is -2.85. The Labute approximate surface area is 208 Å². The molecule has 188 valence electrons. The van der Waals surface area contributed by atoms with E-state index in [1.54, 1.807) is 12.1 Å². The van der Waals surface area contributed by atoms with Crippen LogP contribution in [0.3, 0.4) is 0 Å². The van der Waals surface area contributed by atoms with Crippen LogP contribution in [0.25, 0.3) is 6.08 Å². The highest BCUT2D eigenvalue weighted by atomic mass is 19.1. The molecule has 0 amide bonds. The van der Waals surface area contributed by atoms with Crippen molar-refractivity contribution in [3.05, 3.63) is 95.0 Å². The maximum absolute atomic E-state index is 13.4. The molecule has 2 N–H and O–H groups in total. The van der Waals surface area contributed by atoms with E-state index >= 15 is 0 Å². The molecule has 0 bridgehead atoms. The molecule has 0 spiro atoms. The molecule has 2 aromatic carbocycles. The number of benzene rings is 2. The van der Waals surface area contributed by atoms with Gasteiger partial charge in [-0.15, -0.1) is 0 Å². The monoisotopic (exact) mass is 467 g/mol.